The maximum absolute atomic E-state index is 5.31. The molecule has 2 aromatic rings. The SMILES string of the molecule is NNc1snnc1CSc1ccncn1. The van der Waals surface area contributed by atoms with Gasteiger partial charge in [0.2, 0.25) is 0 Å². The predicted molar refractivity (Wildman–Crippen MR) is 59.3 cm³/mol. The quantitative estimate of drug-likeness (QED) is 0.355. The van der Waals surface area contributed by atoms with Crippen LogP contribution in [0.3, 0.4) is 0 Å². The number of hydrogen-bond donors (Lipinski definition) is 2. The van der Waals surface area contributed by atoms with E-state index in [0.29, 0.717) is 5.75 Å². The first-order valence-corrected chi connectivity index (χ1v) is 5.82. The molecular formula is C7H8N6S2. The molecule has 0 unspecified atom stereocenters. The van der Waals surface area contributed by atoms with Crippen LogP contribution in [0.15, 0.2) is 23.6 Å². The van der Waals surface area contributed by atoms with Gasteiger partial charge in [-0.25, -0.2) is 15.8 Å². The van der Waals surface area contributed by atoms with Gasteiger partial charge in [0.25, 0.3) is 0 Å². The highest BCUT2D eigenvalue weighted by molar-refractivity contribution is 7.98. The lowest BCUT2D eigenvalue weighted by molar-refractivity contribution is 1.04. The predicted octanol–water partition coefficient (Wildman–Crippen LogP) is 0.906. The van der Waals surface area contributed by atoms with Gasteiger partial charge in [-0.15, -0.1) is 5.10 Å². The normalized spacial score (nSPS) is 10.2. The molecule has 6 nitrogen and oxygen atoms in total. The fourth-order valence-electron chi connectivity index (χ4n) is 0.919. The van der Waals surface area contributed by atoms with Crippen LogP contribution in [0.5, 0.6) is 0 Å². The molecule has 0 aliphatic rings. The molecule has 0 atom stereocenters. The summed E-state index contributed by atoms with van der Waals surface area (Å²) < 4.78 is 3.81. The van der Waals surface area contributed by atoms with Gasteiger partial charge in [-0.3, -0.25) is 0 Å². The number of thioether (sulfide) groups is 1. The molecular weight excluding hydrogens is 232 g/mol. The maximum Gasteiger partial charge on any atom is 0.148 e. The Morgan fingerprint density at radius 1 is 1.53 bits per heavy atom. The number of nitrogens with zero attached hydrogens (tertiary/aromatic N) is 4. The van der Waals surface area contributed by atoms with Gasteiger partial charge < -0.3 is 5.43 Å². The second-order valence-electron chi connectivity index (χ2n) is 2.53. The second-order valence-corrected chi connectivity index (χ2v) is 4.28. The van der Waals surface area contributed by atoms with Gasteiger partial charge in [0.15, 0.2) is 0 Å². The number of rotatable bonds is 4. The van der Waals surface area contributed by atoms with Gasteiger partial charge in [-0.2, -0.15) is 0 Å². The van der Waals surface area contributed by atoms with Crippen LogP contribution in [0.4, 0.5) is 5.00 Å². The minimum absolute atomic E-state index is 0.688. The number of nitrogen functional groups attached to an aromatic ring is 1. The van der Waals surface area contributed by atoms with Crippen molar-refractivity contribution in [3.05, 3.63) is 24.3 Å². The van der Waals surface area contributed by atoms with E-state index in [1.807, 2.05) is 6.07 Å². The Bertz CT molecular complexity index is 416. The van der Waals surface area contributed by atoms with Crippen LogP contribution in [-0.4, -0.2) is 19.6 Å². The van der Waals surface area contributed by atoms with Crippen molar-refractivity contribution in [3.63, 3.8) is 0 Å². The van der Waals surface area contributed by atoms with Crippen molar-refractivity contribution in [2.24, 2.45) is 5.84 Å². The summed E-state index contributed by atoms with van der Waals surface area (Å²) in [5.74, 6) is 6.00. The summed E-state index contributed by atoms with van der Waals surface area (Å²) in [5.41, 5.74) is 3.40. The van der Waals surface area contributed by atoms with Crippen molar-refractivity contribution in [3.8, 4) is 0 Å². The van der Waals surface area contributed by atoms with E-state index >= 15 is 0 Å². The van der Waals surface area contributed by atoms with Crippen LogP contribution in [0.1, 0.15) is 5.69 Å². The van der Waals surface area contributed by atoms with Gasteiger partial charge in [-0.05, 0) is 6.07 Å². The monoisotopic (exact) mass is 240 g/mol. The van der Waals surface area contributed by atoms with E-state index in [1.54, 1.807) is 18.0 Å². The van der Waals surface area contributed by atoms with E-state index < -0.39 is 0 Å². The number of nitrogens with one attached hydrogen (secondary N) is 1. The standard InChI is InChI=1S/C7H8N6S2/c8-11-7-5(12-13-15-7)3-14-6-1-2-9-4-10-6/h1-2,4,11H,3,8H2. The van der Waals surface area contributed by atoms with E-state index in [9.17, 15) is 0 Å². The van der Waals surface area contributed by atoms with E-state index in [4.69, 9.17) is 5.84 Å². The van der Waals surface area contributed by atoms with Crippen molar-refractivity contribution >= 4 is 28.3 Å². The molecule has 0 aliphatic heterocycles. The van der Waals surface area contributed by atoms with Gasteiger partial charge >= 0.3 is 0 Å². The summed E-state index contributed by atoms with van der Waals surface area (Å²) in [5, 5.41) is 5.66. The lowest BCUT2D eigenvalue weighted by Gasteiger charge is -1.99. The fourth-order valence-corrected chi connectivity index (χ4v) is 2.27. The number of hydrogen-bond acceptors (Lipinski definition) is 8. The van der Waals surface area contributed by atoms with Crippen molar-refractivity contribution in [1.29, 1.82) is 0 Å². The third-order valence-corrected chi connectivity index (χ3v) is 3.25. The zero-order chi connectivity index (χ0) is 10.5. The van der Waals surface area contributed by atoms with Crippen LogP contribution in [-0.2, 0) is 5.75 Å². The Labute approximate surface area is 94.5 Å². The molecule has 0 radical (unpaired) electrons. The van der Waals surface area contributed by atoms with Gasteiger partial charge in [0.1, 0.15) is 17.0 Å². The lowest BCUT2D eigenvalue weighted by atomic mass is 10.5. The molecule has 0 aliphatic carbocycles. The third-order valence-electron chi connectivity index (χ3n) is 1.60. The van der Waals surface area contributed by atoms with Gasteiger partial charge in [-0.1, -0.05) is 16.3 Å². The molecule has 0 saturated carbocycles. The Morgan fingerprint density at radius 3 is 3.20 bits per heavy atom. The lowest BCUT2D eigenvalue weighted by Crippen LogP contribution is -2.06. The van der Waals surface area contributed by atoms with E-state index in [2.05, 4.69) is 25.0 Å². The Hall–Kier alpha value is -1.25. The number of nitrogens with two attached hydrogens (primary N) is 1. The first kappa shape index (κ1) is 10.3. The van der Waals surface area contributed by atoms with Crippen LogP contribution < -0.4 is 11.3 Å². The van der Waals surface area contributed by atoms with Crippen LogP contribution >= 0.6 is 23.3 Å². The smallest absolute Gasteiger partial charge is 0.148 e. The molecule has 78 valence electrons. The van der Waals surface area contributed by atoms with E-state index in [-0.39, 0.29) is 0 Å². The minimum atomic E-state index is 0.688. The molecule has 0 aromatic carbocycles. The molecule has 0 bridgehead atoms. The average molecular weight is 240 g/mol. The fraction of sp³-hybridized carbons (Fsp3) is 0.143. The summed E-state index contributed by atoms with van der Waals surface area (Å²) in [6.07, 6.45) is 3.22. The highest BCUT2D eigenvalue weighted by Crippen LogP contribution is 2.24. The van der Waals surface area contributed by atoms with E-state index in [0.717, 1.165) is 15.7 Å². The van der Waals surface area contributed by atoms with Crippen molar-refractivity contribution < 1.29 is 0 Å². The molecule has 2 rings (SSSR count). The first-order chi connectivity index (χ1) is 7.40. The molecule has 3 N–H and O–H groups in total. The summed E-state index contributed by atoms with van der Waals surface area (Å²) >= 11 is 2.81. The van der Waals surface area contributed by atoms with Gasteiger partial charge in [0.05, 0.1) is 5.03 Å². The minimum Gasteiger partial charge on any atom is -0.313 e. The molecule has 8 heteroatoms. The molecule has 2 heterocycles. The molecule has 0 amide bonds. The number of anilines is 1. The molecule has 15 heavy (non-hydrogen) atoms. The van der Waals surface area contributed by atoms with Crippen LogP contribution in [0.25, 0.3) is 0 Å². The topological polar surface area (TPSA) is 89.6 Å². The molecule has 2 aromatic heterocycles. The Morgan fingerprint density at radius 2 is 2.47 bits per heavy atom. The molecule has 0 spiro atoms. The summed E-state index contributed by atoms with van der Waals surface area (Å²) in [6.45, 7) is 0. The molecule has 0 fully saturated rings. The number of aromatic nitrogens is 4. The largest absolute Gasteiger partial charge is 0.313 e. The van der Waals surface area contributed by atoms with Crippen molar-refractivity contribution in [1.82, 2.24) is 19.6 Å². The highest BCUT2D eigenvalue weighted by atomic mass is 32.2. The van der Waals surface area contributed by atoms with Crippen LogP contribution in [0.2, 0.25) is 0 Å². The summed E-state index contributed by atoms with van der Waals surface area (Å²) in [4.78, 5) is 7.93. The average Bonchev–Trinajstić information content (AvgIpc) is 2.75. The highest BCUT2D eigenvalue weighted by Gasteiger charge is 2.07. The Kier molecular flexibility index (Phi) is 3.43. The van der Waals surface area contributed by atoms with E-state index in [1.165, 1.54) is 17.9 Å². The number of hydrazine groups is 1. The third kappa shape index (κ3) is 2.61. The van der Waals surface area contributed by atoms with Crippen molar-refractivity contribution in [2.45, 2.75) is 10.8 Å². The van der Waals surface area contributed by atoms with Crippen LogP contribution in [0, 0.1) is 0 Å². The van der Waals surface area contributed by atoms with Gasteiger partial charge in [0, 0.05) is 23.5 Å². The molecule has 0 saturated heterocycles. The van der Waals surface area contributed by atoms with Crippen molar-refractivity contribution in [2.75, 3.05) is 5.43 Å². The second kappa shape index (κ2) is 5.01. The maximum atomic E-state index is 5.31. The zero-order valence-electron chi connectivity index (χ0n) is 7.62. The zero-order valence-corrected chi connectivity index (χ0v) is 9.25. The first-order valence-electron chi connectivity index (χ1n) is 4.07. The summed E-state index contributed by atoms with van der Waals surface area (Å²) in [6, 6.07) is 1.85. The summed E-state index contributed by atoms with van der Waals surface area (Å²) in [7, 11) is 0. The Balaban J connectivity index is 1.99.